The van der Waals surface area contributed by atoms with Gasteiger partial charge in [0.25, 0.3) is 11.6 Å². The molecule has 3 aromatic rings. The zero-order valence-corrected chi connectivity index (χ0v) is 35.9. The van der Waals surface area contributed by atoms with E-state index in [2.05, 4.69) is 18.7 Å². The maximum Gasteiger partial charge on any atom is 0.273 e. The highest BCUT2D eigenvalue weighted by Crippen LogP contribution is 2.62. The minimum atomic E-state index is -1.47. The van der Waals surface area contributed by atoms with Gasteiger partial charge in [-0.1, -0.05) is 43.1 Å². The van der Waals surface area contributed by atoms with E-state index in [1.165, 1.54) is 12.1 Å². The quantitative estimate of drug-likeness (QED) is 0.0478. The van der Waals surface area contributed by atoms with E-state index in [4.69, 9.17) is 28.9 Å². The molecule has 14 nitrogen and oxygen atoms in total. The number of rotatable bonds is 20. The number of hydrogen-bond acceptors (Lipinski definition) is 12. The number of unbranched alkanes of at least 4 members (excludes halogenated alkanes) is 2. The van der Waals surface area contributed by atoms with Crippen LogP contribution in [0.15, 0.2) is 96.2 Å². The van der Waals surface area contributed by atoms with Crippen LogP contribution in [-0.4, -0.2) is 82.7 Å². The number of fused-ring (bicyclic) bond motifs is 2. The fourth-order valence-electron chi connectivity index (χ4n) is 9.92. The number of benzene rings is 3. The normalized spacial score (nSPS) is 25.4. The van der Waals surface area contributed by atoms with Gasteiger partial charge in [-0.25, -0.2) is 0 Å². The van der Waals surface area contributed by atoms with Gasteiger partial charge in [0.05, 0.1) is 47.5 Å². The number of aliphatic hydroxyl groups is 2. The Kier molecular flexibility index (Phi) is 15.3. The zero-order chi connectivity index (χ0) is 44.3. The predicted octanol–water partition coefficient (Wildman–Crippen LogP) is 8.97. The summed E-state index contributed by atoms with van der Waals surface area (Å²) in [6.07, 6.45) is 11.2. The number of hydrogen-bond donors (Lipinski definition) is 2. The van der Waals surface area contributed by atoms with Crippen molar-refractivity contribution in [1.29, 1.82) is 5.26 Å². The fraction of sp³-hybridized carbons (Fsp3) is 0.490. The van der Waals surface area contributed by atoms with Gasteiger partial charge in [0.15, 0.2) is 0 Å². The maximum absolute atomic E-state index is 15.0. The highest BCUT2D eigenvalue weighted by molar-refractivity contribution is 6.03. The molecular weight excluding hydrogens is 805 g/mol. The first-order valence-corrected chi connectivity index (χ1v) is 22.3. The number of non-ortho nitro benzene ring substituents is 1. The molecule has 1 unspecified atom stereocenters. The molecule has 1 amide bonds. The summed E-state index contributed by atoms with van der Waals surface area (Å²) in [5.74, 6) is -1.27. The van der Waals surface area contributed by atoms with Crippen molar-refractivity contribution in [2.45, 2.75) is 102 Å². The van der Waals surface area contributed by atoms with Crippen LogP contribution < -0.4 is 9.47 Å². The van der Waals surface area contributed by atoms with Crippen LogP contribution in [-0.2, 0) is 14.3 Å². The van der Waals surface area contributed by atoms with E-state index in [9.17, 15) is 30.4 Å². The first-order chi connectivity index (χ1) is 30.7. The Labute approximate surface area is 368 Å². The second kappa shape index (κ2) is 21.2. The van der Waals surface area contributed by atoms with Crippen LogP contribution in [0.3, 0.4) is 0 Å². The van der Waals surface area contributed by atoms with Crippen molar-refractivity contribution in [2.24, 2.45) is 22.9 Å². The van der Waals surface area contributed by atoms with Gasteiger partial charge in [-0.15, -0.1) is 6.58 Å². The third-order valence-corrected chi connectivity index (χ3v) is 12.7. The smallest absolute Gasteiger partial charge is 0.273 e. The summed E-state index contributed by atoms with van der Waals surface area (Å²) in [7, 11) is 0. The van der Waals surface area contributed by atoms with Gasteiger partial charge < -0.3 is 38.9 Å². The van der Waals surface area contributed by atoms with E-state index in [-0.39, 0.29) is 55.6 Å². The molecule has 2 aliphatic carbocycles. The Hall–Kier alpha value is -5.59. The zero-order valence-electron chi connectivity index (χ0n) is 35.9. The van der Waals surface area contributed by atoms with Crippen molar-refractivity contribution in [2.75, 3.05) is 33.0 Å². The number of carbonyl (C=O) groups excluding carboxylic acids is 1. The number of oxime groups is 1. The lowest BCUT2D eigenvalue weighted by atomic mass is 9.55. The van der Waals surface area contributed by atoms with Crippen molar-refractivity contribution in [3.8, 4) is 23.3 Å². The van der Waals surface area contributed by atoms with Crippen molar-refractivity contribution in [3.05, 3.63) is 118 Å². The molecule has 3 aromatic carbocycles. The topological polar surface area (TPSA) is 186 Å². The number of nitriles is 1. The standard InChI is InChI=1S/C49H58N4O10/c1-3-23-52(48(56)34-19-17-33(32-50)18-20-34)44-31-42(51-63-45-16-7-10-27-59-45)40-28-35(12-5-8-24-54)39(15-6-9-25-55)46-41-30-38(61-37-14-11-13-36(29-37)53(57)58)21-22-43(41)62-49(44,47(40)46)60-26-4-2/h4,11,13-14,17-22,28-30,35,39,44-47,54-55H,2-3,5-10,12,15-16,23-27,31H2,1H3/t35-,39+,44-,45?,46+,47+,49+/m0/s1. The number of nitrogens with zero attached hydrogens (tertiary/aromatic N) is 4. The van der Waals surface area contributed by atoms with Crippen molar-refractivity contribution in [3.63, 3.8) is 0 Å². The fourth-order valence-corrected chi connectivity index (χ4v) is 9.92. The largest absolute Gasteiger partial charge is 0.459 e. The molecule has 1 saturated heterocycles. The van der Waals surface area contributed by atoms with Crippen LogP contribution in [0, 0.1) is 39.2 Å². The molecule has 63 heavy (non-hydrogen) atoms. The third-order valence-electron chi connectivity index (χ3n) is 12.7. The minimum Gasteiger partial charge on any atom is -0.459 e. The van der Waals surface area contributed by atoms with Gasteiger partial charge in [-0.2, -0.15) is 5.26 Å². The molecule has 7 atom stereocenters. The summed E-state index contributed by atoms with van der Waals surface area (Å²) < 4.78 is 26.7. The van der Waals surface area contributed by atoms with E-state index in [0.29, 0.717) is 72.9 Å². The second-order valence-electron chi connectivity index (χ2n) is 16.7. The Balaban J connectivity index is 1.45. The van der Waals surface area contributed by atoms with Crippen molar-refractivity contribution < 1.29 is 43.7 Å². The van der Waals surface area contributed by atoms with Crippen LogP contribution in [0.5, 0.6) is 17.2 Å². The number of aliphatic hydroxyl groups excluding tert-OH is 2. The van der Waals surface area contributed by atoms with E-state index < -0.39 is 29.0 Å². The number of ether oxygens (including phenoxy) is 4. The number of nitro benzene ring substituents is 1. The van der Waals surface area contributed by atoms with E-state index in [1.807, 2.05) is 24.0 Å². The van der Waals surface area contributed by atoms with Crippen LogP contribution in [0.1, 0.15) is 105 Å². The SMILES string of the molecule is C=CCO[C@@]12Oc3ccc(Oc4cccc([N+](=O)[O-])c4)cc3[C@H]3[C@H](CCCCO)[C@@H](CCCCO)C=C(C(=NOC4CCCCO4)C[C@@H]1N(CCC)C(=O)c1ccc(C#N)cc1)[C@H]32. The van der Waals surface area contributed by atoms with Gasteiger partial charge in [-0.3, -0.25) is 14.9 Å². The summed E-state index contributed by atoms with van der Waals surface area (Å²) in [5, 5.41) is 46.0. The molecule has 14 heteroatoms. The first-order valence-electron chi connectivity index (χ1n) is 22.3. The minimum absolute atomic E-state index is 0.00982. The van der Waals surface area contributed by atoms with Crippen LogP contribution >= 0.6 is 0 Å². The lowest BCUT2D eigenvalue weighted by molar-refractivity contribution is -0.384. The first kappa shape index (κ1) is 45.4. The Morgan fingerprint density at radius 2 is 1.84 bits per heavy atom. The molecular formula is C49H58N4O10. The van der Waals surface area contributed by atoms with Crippen LogP contribution in [0.25, 0.3) is 0 Å². The molecule has 0 spiro atoms. The van der Waals surface area contributed by atoms with Crippen LogP contribution in [0.4, 0.5) is 5.69 Å². The van der Waals surface area contributed by atoms with Crippen molar-refractivity contribution in [1.82, 2.24) is 4.90 Å². The Morgan fingerprint density at radius 1 is 1.06 bits per heavy atom. The highest BCUT2D eigenvalue weighted by Gasteiger charge is 2.65. The summed E-state index contributed by atoms with van der Waals surface area (Å²) in [6, 6.07) is 19.6. The molecule has 2 N–H and O–H groups in total. The number of allylic oxidation sites excluding steroid dienone is 1. The van der Waals surface area contributed by atoms with Gasteiger partial charge in [0, 0.05) is 55.7 Å². The predicted molar refractivity (Wildman–Crippen MR) is 235 cm³/mol. The third kappa shape index (κ3) is 9.97. The molecule has 0 radical (unpaired) electrons. The highest BCUT2D eigenvalue weighted by atomic mass is 16.8. The molecule has 2 fully saturated rings. The van der Waals surface area contributed by atoms with Crippen LogP contribution in [0.2, 0.25) is 0 Å². The van der Waals surface area contributed by atoms with Gasteiger partial charge in [-0.05, 0) is 111 Å². The van der Waals surface area contributed by atoms with E-state index in [0.717, 1.165) is 49.7 Å². The van der Waals surface area contributed by atoms with Gasteiger partial charge >= 0.3 is 0 Å². The summed E-state index contributed by atoms with van der Waals surface area (Å²) in [5.41, 5.74) is 3.16. The average molecular weight is 863 g/mol. The van der Waals surface area contributed by atoms with Gasteiger partial charge in [0.1, 0.15) is 23.3 Å². The maximum atomic E-state index is 15.0. The summed E-state index contributed by atoms with van der Waals surface area (Å²) >= 11 is 0. The summed E-state index contributed by atoms with van der Waals surface area (Å²) in [6.45, 7) is 7.19. The monoisotopic (exact) mass is 862 g/mol. The average Bonchev–Trinajstić information content (AvgIpc) is 3.31. The molecule has 2 aliphatic heterocycles. The molecule has 2 heterocycles. The van der Waals surface area contributed by atoms with E-state index in [1.54, 1.807) is 48.5 Å². The molecule has 0 aromatic heterocycles. The van der Waals surface area contributed by atoms with Crippen molar-refractivity contribution >= 4 is 17.3 Å². The molecule has 4 aliphatic rings. The molecule has 0 bridgehead atoms. The van der Waals surface area contributed by atoms with E-state index >= 15 is 0 Å². The molecule has 7 rings (SSSR count). The number of nitro groups is 1. The Bertz CT molecular complexity index is 2180. The summed E-state index contributed by atoms with van der Waals surface area (Å²) in [4.78, 5) is 34.2. The lowest BCUT2D eigenvalue weighted by Crippen LogP contribution is -2.70. The second-order valence-corrected chi connectivity index (χ2v) is 16.7. The van der Waals surface area contributed by atoms with Gasteiger partial charge in [0.2, 0.25) is 12.1 Å². The lowest BCUT2D eigenvalue weighted by Gasteiger charge is -2.60. The molecule has 1 saturated carbocycles. The number of carbonyl (C=O) groups is 1. The molecule has 334 valence electrons. The Morgan fingerprint density at radius 3 is 2.54 bits per heavy atom. The number of amides is 1.